The second-order valence-corrected chi connectivity index (χ2v) is 6.30. The SMILES string of the molecule is C#CCOc1c(Cl)cc(CNc2ccc(Oc3ccccc3)cc2)cc1OC. The zero-order chi connectivity index (χ0) is 19.8. The summed E-state index contributed by atoms with van der Waals surface area (Å²) >= 11 is 6.31. The van der Waals surface area contributed by atoms with E-state index in [1.54, 1.807) is 7.11 Å². The van der Waals surface area contributed by atoms with Gasteiger partial charge in [0.1, 0.15) is 18.1 Å². The number of halogens is 1. The fourth-order valence-corrected chi connectivity index (χ4v) is 2.89. The molecule has 5 heteroatoms. The van der Waals surface area contributed by atoms with E-state index in [1.165, 1.54) is 0 Å². The summed E-state index contributed by atoms with van der Waals surface area (Å²) in [6.07, 6.45) is 5.24. The Morgan fingerprint density at radius 3 is 2.39 bits per heavy atom. The number of rotatable bonds is 8. The average molecular weight is 394 g/mol. The molecule has 3 aromatic carbocycles. The Morgan fingerprint density at radius 1 is 1.00 bits per heavy atom. The van der Waals surface area contributed by atoms with Gasteiger partial charge in [0.05, 0.1) is 12.1 Å². The monoisotopic (exact) mass is 393 g/mol. The van der Waals surface area contributed by atoms with Crippen molar-refractivity contribution in [3.05, 3.63) is 77.3 Å². The van der Waals surface area contributed by atoms with Crippen molar-refractivity contribution < 1.29 is 14.2 Å². The molecule has 3 rings (SSSR count). The lowest BCUT2D eigenvalue weighted by atomic mass is 10.2. The molecule has 0 saturated carbocycles. The minimum Gasteiger partial charge on any atom is -0.493 e. The molecule has 0 saturated heterocycles. The van der Waals surface area contributed by atoms with Crippen LogP contribution in [0.25, 0.3) is 0 Å². The fourth-order valence-electron chi connectivity index (χ4n) is 2.60. The van der Waals surface area contributed by atoms with Crippen molar-refractivity contribution in [2.24, 2.45) is 0 Å². The molecule has 0 fully saturated rings. The van der Waals surface area contributed by atoms with Crippen LogP contribution in [0.1, 0.15) is 5.56 Å². The molecule has 0 unspecified atom stereocenters. The summed E-state index contributed by atoms with van der Waals surface area (Å²) in [4.78, 5) is 0. The van der Waals surface area contributed by atoms with Crippen LogP contribution in [-0.4, -0.2) is 13.7 Å². The third-order valence-electron chi connectivity index (χ3n) is 3.92. The van der Waals surface area contributed by atoms with Gasteiger partial charge in [0.2, 0.25) is 0 Å². The van der Waals surface area contributed by atoms with Crippen LogP contribution in [0, 0.1) is 12.3 Å². The van der Waals surface area contributed by atoms with E-state index in [0.717, 1.165) is 22.7 Å². The molecule has 0 aliphatic rings. The summed E-state index contributed by atoms with van der Waals surface area (Å²) in [6, 6.07) is 21.1. The van der Waals surface area contributed by atoms with E-state index in [2.05, 4.69) is 11.2 Å². The Labute approximate surface area is 170 Å². The fraction of sp³-hybridized carbons (Fsp3) is 0.130. The minimum atomic E-state index is 0.130. The number of hydrogen-bond donors (Lipinski definition) is 1. The van der Waals surface area contributed by atoms with E-state index in [1.807, 2.05) is 66.7 Å². The number of ether oxygens (including phenoxy) is 3. The van der Waals surface area contributed by atoms with Gasteiger partial charge < -0.3 is 19.5 Å². The first-order valence-corrected chi connectivity index (χ1v) is 9.07. The highest BCUT2D eigenvalue weighted by atomic mass is 35.5. The second-order valence-electron chi connectivity index (χ2n) is 5.89. The van der Waals surface area contributed by atoms with Gasteiger partial charge in [-0.15, -0.1) is 6.42 Å². The van der Waals surface area contributed by atoms with Gasteiger partial charge in [0.25, 0.3) is 0 Å². The maximum Gasteiger partial charge on any atom is 0.181 e. The number of terminal acetylenes is 1. The molecule has 28 heavy (non-hydrogen) atoms. The van der Waals surface area contributed by atoms with Crippen molar-refractivity contribution in [3.63, 3.8) is 0 Å². The summed E-state index contributed by atoms with van der Waals surface area (Å²) in [6.45, 7) is 0.704. The molecular weight excluding hydrogens is 374 g/mol. The summed E-state index contributed by atoms with van der Waals surface area (Å²) < 4.78 is 16.6. The van der Waals surface area contributed by atoms with Crippen LogP contribution < -0.4 is 19.5 Å². The van der Waals surface area contributed by atoms with Crippen LogP contribution in [0.15, 0.2) is 66.7 Å². The molecule has 0 amide bonds. The first kappa shape index (κ1) is 19.5. The van der Waals surface area contributed by atoms with Crippen molar-refractivity contribution in [2.75, 3.05) is 19.0 Å². The van der Waals surface area contributed by atoms with Gasteiger partial charge in [-0.3, -0.25) is 0 Å². The highest BCUT2D eigenvalue weighted by molar-refractivity contribution is 6.32. The molecule has 0 aliphatic heterocycles. The smallest absolute Gasteiger partial charge is 0.181 e. The van der Waals surface area contributed by atoms with Gasteiger partial charge in [0.15, 0.2) is 11.5 Å². The number of hydrogen-bond acceptors (Lipinski definition) is 4. The normalized spacial score (nSPS) is 10.0. The van der Waals surface area contributed by atoms with E-state index in [0.29, 0.717) is 23.1 Å². The summed E-state index contributed by atoms with van der Waals surface area (Å²) in [5.41, 5.74) is 1.92. The van der Waals surface area contributed by atoms with Crippen LogP contribution >= 0.6 is 11.6 Å². The van der Waals surface area contributed by atoms with Crippen LogP contribution in [0.3, 0.4) is 0 Å². The maximum absolute atomic E-state index is 6.31. The lowest BCUT2D eigenvalue weighted by Crippen LogP contribution is -2.02. The number of methoxy groups -OCH3 is 1. The van der Waals surface area contributed by atoms with Gasteiger partial charge in [-0.05, 0) is 54.1 Å². The van der Waals surface area contributed by atoms with Crippen molar-refractivity contribution in [1.82, 2.24) is 0 Å². The van der Waals surface area contributed by atoms with Gasteiger partial charge >= 0.3 is 0 Å². The van der Waals surface area contributed by atoms with Crippen molar-refractivity contribution in [3.8, 4) is 35.3 Å². The zero-order valence-corrected chi connectivity index (χ0v) is 16.2. The van der Waals surface area contributed by atoms with Crippen LogP contribution in [0.4, 0.5) is 5.69 Å². The molecule has 0 aliphatic carbocycles. The van der Waals surface area contributed by atoms with Gasteiger partial charge in [0, 0.05) is 12.2 Å². The standard InChI is InChI=1S/C23H20ClNO3/c1-3-13-27-23-21(24)14-17(15-22(23)26-2)16-25-18-9-11-20(12-10-18)28-19-7-5-4-6-8-19/h1,4-12,14-15,25H,13,16H2,2H3. The Hall–Kier alpha value is -3.29. The number of anilines is 1. The highest BCUT2D eigenvalue weighted by Crippen LogP contribution is 2.36. The lowest BCUT2D eigenvalue weighted by Gasteiger charge is -2.14. The van der Waals surface area contributed by atoms with Crippen molar-refractivity contribution >= 4 is 17.3 Å². The lowest BCUT2D eigenvalue weighted by molar-refractivity contribution is 0.331. The van der Waals surface area contributed by atoms with Gasteiger partial charge in [-0.1, -0.05) is 35.7 Å². The number of nitrogens with one attached hydrogen (secondary N) is 1. The molecule has 4 nitrogen and oxygen atoms in total. The third kappa shape index (κ3) is 5.12. The number of para-hydroxylation sites is 1. The predicted molar refractivity (Wildman–Crippen MR) is 113 cm³/mol. The molecule has 0 bridgehead atoms. The molecule has 0 aromatic heterocycles. The Morgan fingerprint density at radius 2 is 1.71 bits per heavy atom. The van der Waals surface area contributed by atoms with Gasteiger partial charge in [-0.2, -0.15) is 0 Å². The number of benzene rings is 3. The molecule has 3 aromatic rings. The second kappa shape index (κ2) is 9.59. The highest BCUT2D eigenvalue weighted by Gasteiger charge is 2.12. The molecule has 142 valence electrons. The predicted octanol–water partition coefficient (Wildman–Crippen LogP) is 5.77. The Kier molecular flexibility index (Phi) is 6.67. The molecule has 0 spiro atoms. The first-order chi connectivity index (χ1) is 13.7. The summed E-state index contributed by atoms with van der Waals surface area (Å²) in [5, 5.41) is 3.81. The molecule has 0 atom stereocenters. The summed E-state index contributed by atoms with van der Waals surface area (Å²) in [5.74, 6) is 4.99. The van der Waals surface area contributed by atoms with Crippen LogP contribution in [0.2, 0.25) is 5.02 Å². The van der Waals surface area contributed by atoms with E-state index >= 15 is 0 Å². The van der Waals surface area contributed by atoms with E-state index in [4.69, 9.17) is 32.2 Å². The molecule has 1 N–H and O–H groups in total. The summed E-state index contributed by atoms with van der Waals surface area (Å²) in [7, 11) is 1.57. The minimum absolute atomic E-state index is 0.130. The third-order valence-corrected chi connectivity index (χ3v) is 4.20. The Bertz CT molecular complexity index is 950. The van der Waals surface area contributed by atoms with Crippen molar-refractivity contribution in [2.45, 2.75) is 6.54 Å². The van der Waals surface area contributed by atoms with Crippen molar-refractivity contribution in [1.29, 1.82) is 0 Å². The first-order valence-electron chi connectivity index (χ1n) is 8.69. The average Bonchev–Trinajstić information content (AvgIpc) is 2.73. The largest absolute Gasteiger partial charge is 0.493 e. The van der Waals surface area contributed by atoms with Gasteiger partial charge in [-0.25, -0.2) is 0 Å². The van der Waals surface area contributed by atoms with E-state index in [9.17, 15) is 0 Å². The van der Waals surface area contributed by atoms with Crippen LogP contribution in [-0.2, 0) is 6.54 Å². The van der Waals surface area contributed by atoms with E-state index < -0.39 is 0 Å². The topological polar surface area (TPSA) is 39.7 Å². The quantitative estimate of drug-likeness (QED) is 0.493. The molecular formula is C23H20ClNO3. The zero-order valence-electron chi connectivity index (χ0n) is 15.4. The van der Waals surface area contributed by atoms with Crippen LogP contribution in [0.5, 0.6) is 23.0 Å². The molecule has 0 radical (unpaired) electrons. The maximum atomic E-state index is 6.31. The Balaban J connectivity index is 1.63. The van der Waals surface area contributed by atoms with E-state index in [-0.39, 0.29) is 6.61 Å². The molecule has 0 heterocycles.